The van der Waals surface area contributed by atoms with Crippen molar-refractivity contribution in [1.82, 2.24) is 9.80 Å². The molecule has 0 bridgehead atoms. The Hall–Kier alpha value is -0.910. The molecule has 1 aromatic rings. The summed E-state index contributed by atoms with van der Waals surface area (Å²) in [5, 5.41) is 0.948. The predicted octanol–water partition coefficient (Wildman–Crippen LogP) is 2.49. The minimum Gasteiger partial charge on any atom is -0.469 e. The van der Waals surface area contributed by atoms with Crippen molar-refractivity contribution in [3.8, 4) is 0 Å². The molecule has 98 valence electrons. The molecular weight excluding hydrogens is 275 g/mol. The van der Waals surface area contributed by atoms with Crippen LogP contribution in [0, 0.1) is 5.82 Å². The van der Waals surface area contributed by atoms with E-state index >= 15 is 0 Å². The van der Waals surface area contributed by atoms with Crippen LogP contribution in [0.2, 0.25) is 5.02 Å². The van der Waals surface area contributed by atoms with Crippen LogP contribution in [0.1, 0.15) is 5.56 Å². The van der Waals surface area contributed by atoms with Crippen LogP contribution in [0.3, 0.4) is 0 Å². The Kier molecular flexibility index (Phi) is 4.37. The van der Waals surface area contributed by atoms with Gasteiger partial charge in [-0.15, -0.1) is 0 Å². The smallest absolute Gasteiger partial charge is 0.260 e. The molecule has 0 N–H and O–H groups in total. The van der Waals surface area contributed by atoms with Crippen molar-refractivity contribution in [2.45, 2.75) is 6.54 Å². The molecule has 0 spiro atoms. The monoisotopic (exact) mass is 288 g/mol. The Balaban J connectivity index is 1.98. The third-order valence-electron chi connectivity index (χ3n) is 2.75. The maximum atomic E-state index is 13.6. The second-order valence-electron chi connectivity index (χ2n) is 4.23. The number of rotatable bonds is 4. The maximum absolute atomic E-state index is 13.6. The van der Waals surface area contributed by atoms with Gasteiger partial charge in [0.15, 0.2) is 0 Å². The van der Waals surface area contributed by atoms with Gasteiger partial charge < -0.3 is 9.64 Å². The normalized spacial score (nSPS) is 15.3. The molecule has 0 unspecified atom stereocenters. The van der Waals surface area contributed by atoms with Gasteiger partial charge in [0.1, 0.15) is 12.4 Å². The van der Waals surface area contributed by atoms with Gasteiger partial charge in [0.05, 0.1) is 13.2 Å². The van der Waals surface area contributed by atoms with Crippen molar-refractivity contribution in [1.29, 1.82) is 0 Å². The molecule has 0 aliphatic carbocycles. The van der Waals surface area contributed by atoms with E-state index in [0.717, 1.165) is 6.54 Å². The maximum Gasteiger partial charge on any atom is 0.260 e. The van der Waals surface area contributed by atoms with E-state index in [9.17, 15) is 4.39 Å². The third-order valence-corrected chi connectivity index (χ3v) is 3.48. The van der Waals surface area contributed by atoms with Gasteiger partial charge in [0.2, 0.25) is 0 Å². The van der Waals surface area contributed by atoms with E-state index in [1.165, 1.54) is 6.07 Å². The highest BCUT2D eigenvalue weighted by Gasteiger charge is 2.20. The molecule has 0 aromatic heterocycles. The zero-order chi connectivity index (χ0) is 13.1. The van der Waals surface area contributed by atoms with E-state index in [0.29, 0.717) is 35.6 Å². The highest BCUT2D eigenvalue weighted by Crippen LogP contribution is 2.20. The summed E-state index contributed by atoms with van der Waals surface area (Å²) >= 11 is 11.0. The molecule has 18 heavy (non-hydrogen) atoms. The summed E-state index contributed by atoms with van der Waals surface area (Å²) in [6, 6.07) is 4.71. The van der Waals surface area contributed by atoms with Crippen molar-refractivity contribution in [3.63, 3.8) is 0 Å². The Morgan fingerprint density at radius 3 is 2.94 bits per heavy atom. The Bertz CT molecular complexity index is 437. The van der Waals surface area contributed by atoms with E-state index in [4.69, 9.17) is 28.6 Å². The van der Waals surface area contributed by atoms with Crippen LogP contribution in [0.4, 0.5) is 4.39 Å². The molecule has 3 nitrogen and oxygen atoms in total. The second kappa shape index (κ2) is 5.82. The van der Waals surface area contributed by atoms with E-state index in [-0.39, 0.29) is 5.82 Å². The number of thiocarbonyl (C=S) groups is 1. The fourth-order valence-corrected chi connectivity index (χ4v) is 2.30. The first kappa shape index (κ1) is 13.5. The molecule has 0 atom stereocenters. The van der Waals surface area contributed by atoms with E-state index < -0.39 is 0 Å². The van der Waals surface area contributed by atoms with Crippen molar-refractivity contribution in [3.05, 3.63) is 34.6 Å². The summed E-state index contributed by atoms with van der Waals surface area (Å²) in [6.07, 6.45) is 0. The number of halogens is 2. The second-order valence-corrected chi connectivity index (χ2v) is 4.99. The standard InChI is InChI=1S/C12H14ClFN2OS/c1-15(8-16-5-6-17-12(16)18)7-9-10(13)3-2-4-11(9)14/h2-4H,5-8H2,1H3. The van der Waals surface area contributed by atoms with Crippen molar-refractivity contribution >= 4 is 29.0 Å². The van der Waals surface area contributed by atoms with Gasteiger partial charge in [0, 0.05) is 17.1 Å². The van der Waals surface area contributed by atoms with Crippen LogP contribution >= 0.6 is 23.8 Å². The molecule has 1 aliphatic heterocycles. The Morgan fingerprint density at radius 2 is 2.33 bits per heavy atom. The number of ether oxygens (including phenoxy) is 1. The van der Waals surface area contributed by atoms with Gasteiger partial charge >= 0.3 is 0 Å². The van der Waals surface area contributed by atoms with Gasteiger partial charge in [0.25, 0.3) is 5.17 Å². The number of hydrogen-bond donors (Lipinski definition) is 0. The van der Waals surface area contributed by atoms with Crippen LogP contribution in [-0.4, -0.2) is 41.8 Å². The molecular formula is C12H14ClFN2OS. The first-order valence-corrected chi connectivity index (χ1v) is 6.39. The molecule has 1 saturated heterocycles. The predicted molar refractivity (Wildman–Crippen MR) is 73.0 cm³/mol. The van der Waals surface area contributed by atoms with Crippen LogP contribution in [0.15, 0.2) is 18.2 Å². The molecule has 2 rings (SSSR count). The van der Waals surface area contributed by atoms with Gasteiger partial charge in [-0.2, -0.15) is 0 Å². The van der Waals surface area contributed by atoms with E-state index in [2.05, 4.69) is 0 Å². The van der Waals surface area contributed by atoms with Crippen LogP contribution in [-0.2, 0) is 11.3 Å². The van der Waals surface area contributed by atoms with Gasteiger partial charge in [-0.05, 0) is 31.4 Å². The SMILES string of the molecule is CN(Cc1c(F)cccc1Cl)CN1CCOC1=S. The van der Waals surface area contributed by atoms with Gasteiger partial charge in [-0.1, -0.05) is 17.7 Å². The first-order valence-electron chi connectivity index (χ1n) is 5.61. The topological polar surface area (TPSA) is 15.7 Å². The summed E-state index contributed by atoms with van der Waals surface area (Å²) in [5.41, 5.74) is 0.507. The van der Waals surface area contributed by atoms with Crippen molar-refractivity contribution in [2.24, 2.45) is 0 Å². The fraction of sp³-hybridized carbons (Fsp3) is 0.417. The lowest BCUT2D eigenvalue weighted by Gasteiger charge is -2.24. The lowest BCUT2D eigenvalue weighted by atomic mass is 10.2. The number of hydrogen-bond acceptors (Lipinski definition) is 3. The van der Waals surface area contributed by atoms with Gasteiger partial charge in [-0.25, -0.2) is 4.39 Å². The Labute approximate surface area is 116 Å². The summed E-state index contributed by atoms with van der Waals surface area (Å²) in [6.45, 7) is 2.43. The average Bonchev–Trinajstić information content (AvgIpc) is 2.70. The van der Waals surface area contributed by atoms with Crippen molar-refractivity contribution in [2.75, 3.05) is 26.9 Å². The molecule has 0 amide bonds. The molecule has 1 aliphatic rings. The molecule has 1 aromatic carbocycles. The highest BCUT2D eigenvalue weighted by atomic mass is 35.5. The Morgan fingerprint density at radius 1 is 1.56 bits per heavy atom. The van der Waals surface area contributed by atoms with Crippen LogP contribution in [0.25, 0.3) is 0 Å². The molecule has 1 heterocycles. The summed E-state index contributed by atoms with van der Waals surface area (Å²) < 4.78 is 18.8. The largest absolute Gasteiger partial charge is 0.469 e. The fourth-order valence-electron chi connectivity index (χ4n) is 1.85. The highest BCUT2D eigenvalue weighted by molar-refractivity contribution is 7.80. The molecule has 0 saturated carbocycles. The summed E-state index contributed by atoms with van der Waals surface area (Å²) in [7, 11) is 1.89. The lowest BCUT2D eigenvalue weighted by Crippen LogP contribution is -2.36. The van der Waals surface area contributed by atoms with E-state index in [1.54, 1.807) is 12.1 Å². The van der Waals surface area contributed by atoms with Crippen LogP contribution in [0.5, 0.6) is 0 Å². The first-order chi connectivity index (χ1) is 8.58. The average molecular weight is 289 g/mol. The number of benzene rings is 1. The third kappa shape index (κ3) is 3.10. The molecule has 0 radical (unpaired) electrons. The van der Waals surface area contributed by atoms with Crippen molar-refractivity contribution < 1.29 is 9.13 Å². The molecule has 1 fully saturated rings. The lowest BCUT2D eigenvalue weighted by molar-refractivity contribution is 0.226. The molecule has 6 heteroatoms. The summed E-state index contributed by atoms with van der Waals surface area (Å²) in [4.78, 5) is 3.88. The summed E-state index contributed by atoms with van der Waals surface area (Å²) in [5.74, 6) is -0.283. The minimum atomic E-state index is -0.283. The van der Waals surface area contributed by atoms with Crippen LogP contribution < -0.4 is 0 Å². The zero-order valence-corrected chi connectivity index (χ0v) is 11.6. The zero-order valence-electron chi connectivity index (χ0n) is 10.0. The van der Waals surface area contributed by atoms with E-state index in [1.807, 2.05) is 16.8 Å². The quantitative estimate of drug-likeness (QED) is 0.791. The minimum absolute atomic E-state index is 0.283. The van der Waals surface area contributed by atoms with Gasteiger partial charge in [-0.3, -0.25) is 4.90 Å². The number of nitrogens with zero attached hydrogens (tertiary/aromatic N) is 2.